The number of rotatable bonds is 1. The first kappa shape index (κ1) is 14.8. The van der Waals surface area contributed by atoms with E-state index in [1.807, 2.05) is 6.92 Å². The lowest BCUT2D eigenvalue weighted by Gasteiger charge is -2.45. The zero-order valence-electron chi connectivity index (χ0n) is 11.9. The molecule has 3 rings (SSSR count). The van der Waals surface area contributed by atoms with Gasteiger partial charge in [-0.3, -0.25) is 0 Å². The highest BCUT2D eigenvalue weighted by Gasteiger charge is 2.47. The van der Waals surface area contributed by atoms with Crippen LogP contribution in [-0.2, 0) is 15.0 Å². The van der Waals surface area contributed by atoms with E-state index in [9.17, 15) is 4.39 Å². The van der Waals surface area contributed by atoms with Crippen molar-refractivity contribution >= 4 is 22.0 Å². The van der Waals surface area contributed by atoms with Gasteiger partial charge >= 0.3 is 0 Å². The Morgan fingerprint density at radius 1 is 1.33 bits per heavy atom. The first-order valence-electron chi connectivity index (χ1n) is 7.00. The summed E-state index contributed by atoms with van der Waals surface area (Å²) in [5.74, 6) is -0.277. The lowest BCUT2D eigenvalue weighted by atomic mass is 9.76. The van der Waals surface area contributed by atoms with Crippen LogP contribution in [0.1, 0.15) is 31.7 Å². The first-order valence-corrected chi connectivity index (χ1v) is 7.79. The monoisotopic (exact) mass is 356 g/mol. The zero-order chi connectivity index (χ0) is 15.1. The van der Waals surface area contributed by atoms with Crippen LogP contribution in [0.4, 0.5) is 4.39 Å². The first-order chi connectivity index (χ1) is 9.92. The molecular weight excluding hydrogens is 339 g/mol. The highest BCUT2D eigenvalue weighted by molar-refractivity contribution is 9.10. The molecule has 0 amide bonds. The van der Waals surface area contributed by atoms with Crippen LogP contribution < -0.4 is 5.73 Å². The number of ether oxygens (including phenoxy) is 2. The molecule has 2 N–H and O–H groups in total. The van der Waals surface area contributed by atoms with Crippen molar-refractivity contribution in [1.29, 1.82) is 0 Å². The fourth-order valence-corrected chi connectivity index (χ4v) is 3.64. The number of hydrogen-bond acceptors (Lipinski definition) is 4. The average molecular weight is 357 g/mol. The van der Waals surface area contributed by atoms with E-state index in [1.165, 1.54) is 6.07 Å². The van der Waals surface area contributed by atoms with Gasteiger partial charge in [-0.05, 0) is 25.1 Å². The summed E-state index contributed by atoms with van der Waals surface area (Å²) < 4.78 is 26.3. The minimum absolute atomic E-state index is 0.130. The summed E-state index contributed by atoms with van der Waals surface area (Å²) in [7, 11) is 0. The molecule has 114 valence electrons. The van der Waals surface area contributed by atoms with Crippen LogP contribution in [0.5, 0.6) is 0 Å². The van der Waals surface area contributed by atoms with Crippen molar-refractivity contribution in [2.75, 3.05) is 13.2 Å². The molecule has 6 heteroatoms. The van der Waals surface area contributed by atoms with Crippen molar-refractivity contribution in [2.24, 2.45) is 10.7 Å². The van der Waals surface area contributed by atoms with Gasteiger partial charge in [0.25, 0.3) is 6.02 Å². The van der Waals surface area contributed by atoms with Crippen molar-refractivity contribution in [2.45, 2.75) is 37.3 Å². The molecule has 2 aliphatic heterocycles. The molecule has 1 aromatic rings. The molecule has 2 heterocycles. The number of nitrogens with two attached hydrogens (primary N) is 1. The average Bonchev–Trinajstić information content (AvgIpc) is 2.41. The Morgan fingerprint density at radius 3 is 2.76 bits per heavy atom. The maximum atomic E-state index is 14.3. The fraction of sp³-hybridized carbons (Fsp3) is 0.533. The molecule has 1 fully saturated rings. The smallest absolute Gasteiger partial charge is 0.283 e. The zero-order valence-corrected chi connectivity index (χ0v) is 13.5. The Kier molecular flexibility index (Phi) is 3.69. The van der Waals surface area contributed by atoms with Gasteiger partial charge in [-0.25, -0.2) is 9.38 Å². The maximum absolute atomic E-state index is 14.3. The van der Waals surface area contributed by atoms with Crippen molar-refractivity contribution < 1.29 is 13.9 Å². The lowest BCUT2D eigenvalue weighted by Crippen LogP contribution is -2.51. The highest BCUT2D eigenvalue weighted by Crippen LogP contribution is 2.44. The van der Waals surface area contributed by atoms with E-state index in [0.29, 0.717) is 25.2 Å². The highest BCUT2D eigenvalue weighted by atomic mass is 79.9. The maximum Gasteiger partial charge on any atom is 0.283 e. The summed E-state index contributed by atoms with van der Waals surface area (Å²) in [6.07, 6.45) is 2.08. The van der Waals surface area contributed by atoms with Crippen LogP contribution in [0.2, 0.25) is 0 Å². The summed E-state index contributed by atoms with van der Waals surface area (Å²) in [4.78, 5) is 4.41. The topological polar surface area (TPSA) is 56.8 Å². The van der Waals surface area contributed by atoms with Gasteiger partial charge < -0.3 is 15.2 Å². The molecule has 0 aromatic heterocycles. The second-order valence-electron chi connectivity index (χ2n) is 5.92. The Morgan fingerprint density at radius 2 is 2.05 bits per heavy atom. The number of benzene rings is 1. The lowest BCUT2D eigenvalue weighted by molar-refractivity contribution is -0.0796. The Labute approximate surface area is 131 Å². The number of amidine groups is 1. The predicted molar refractivity (Wildman–Crippen MR) is 81.6 cm³/mol. The molecular formula is C15H18BrFN2O2. The van der Waals surface area contributed by atoms with E-state index in [1.54, 1.807) is 12.1 Å². The van der Waals surface area contributed by atoms with E-state index in [2.05, 4.69) is 20.9 Å². The predicted octanol–water partition coefficient (Wildman–Crippen LogP) is 3.09. The Hall–Kier alpha value is -1.14. The third kappa shape index (κ3) is 2.79. The van der Waals surface area contributed by atoms with E-state index >= 15 is 0 Å². The largest absolute Gasteiger partial charge is 0.459 e. The minimum Gasteiger partial charge on any atom is -0.459 e. The van der Waals surface area contributed by atoms with Gasteiger partial charge in [0.1, 0.15) is 11.4 Å². The quantitative estimate of drug-likeness (QED) is 0.840. The molecule has 0 aliphatic carbocycles. The molecule has 1 unspecified atom stereocenters. The number of aliphatic imine (C=N–C) groups is 1. The van der Waals surface area contributed by atoms with E-state index < -0.39 is 11.1 Å². The molecule has 21 heavy (non-hydrogen) atoms. The molecule has 2 aliphatic rings. The van der Waals surface area contributed by atoms with Crippen LogP contribution in [0, 0.1) is 5.82 Å². The van der Waals surface area contributed by atoms with Crippen molar-refractivity contribution in [1.82, 2.24) is 0 Å². The summed E-state index contributed by atoms with van der Waals surface area (Å²) in [5.41, 5.74) is 5.29. The van der Waals surface area contributed by atoms with Crippen molar-refractivity contribution in [3.63, 3.8) is 0 Å². The van der Waals surface area contributed by atoms with Gasteiger partial charge in [0.2, 0.25) is 0 Å². The summed E-state index contributed by atoms with van der Waals surface area (Å²) in [6.45, 7) is 3.17. The van der Waals surface area contributed by atoms with Gasteiger partial charge in [0, 0.05) is 29.3 Å². The van der Waals surface area contributed by atoms with Gasteiger partial charge in [0.15, 0.2) is 0 Å². The summed E-state index contributed by atoms with van der Waals surface area (Å²) in [5, 5.41) is 0. The Balaban J connectivity index is 2.03. The van der Waals surface area contributed by atoms with Crippen molar-refractivity contribution in [3.05, 3.63) is 34.1 Å². The second kappa shape index (κ2) is 5.25. The molecule has 0 saturated carbocycles. The van der Waals surface area contributed by atoms with Crippen LogP contribution in [-0.4, -0.2) is 24.8 Å². The van der Waals surface area contributed by atoms with Crippen LogP contribution in [0.15, 0.2) is 27.7 Å². The van der Waals surface area contributed by atoms with E-state index in [0.717, 1.165) is 17.3 Å². The molecule has 0 radical (unpaired) electrons. The number of nitrogens with zero attached hydrogens (tertiary/aromatic N) is 1. The Bertz CT molecular complexity index is 587. The molecule has 4 nitrogen and oxygen atoms in total. The summed E-state index contributed by atoms with van der Waals surface area (Å²) >= 11 is 3.39. The molecule has 1 spiro atoms. The normalized spacial score (nSPS) is 28.0. The van der Waals surface area contributed by atoms with Gasteiger partial charge in [0.05, 0.1) is 18.8 Å². The van der Waals surface area contributed by atoms with Crippen LogP contribution in [0.3, 0.4) is 0 Å². The second-order valence-corrected chi connectivity index (χ2v) is 6.84. The van der Waals surface area contributed by atoms with Gasteiger partial charge in [-0.1, -0.05) is 15.9 Å². The standard InChI is InChI=1S/C15H18BrFN2O2/c1-14(11-8-10(16)2-3-12(11)17)9-15(21-13(18)19-14)4-6-20-7-5-15/h2-3,8H,4-7,9H2,1H3,(H2,18,19). The number of halogens is 2. The van der Waals surface area contributed by atoms with Gasteiger partial charge in [-0.2, -0.15) is 0 Å². The third-order valence-corrected chi connectivity index (χ3v) is 4.75. The number of hydrogen-bond donors (Lipinski definition) is 1. The van der Waals surface area contributed by atoms with Crippen molar-refractivity contribution in [3.8, 4) is 0 Å². The fourth-order valence-electron chi connectivity index (χ4n) is 3.28. The van der Waals surface area contributed by atoms with E-state index in [4.69, 9.17) is 15.2 Å². The molecule has 1 aromatic carbocycles. The summed E-state index contributed by atoms with van der Waals surface area (Å²) in [6, 6.07) is 5.02. The van der Waals surface area contributed by atoms with E-state index in [-0.39, 0.29) is 11.8 Å². The van der Waals surface area contributed by atoms with Crippen LogP contribution >= 0.6 is 15.9 Å². The molecule has 1 saturated heterocycles. The SMILES string of the molecule is CC1(c2cc(Br)ccc2F)CC2(CCOCC2)OC(N)=N1. The third-order valence-electron chi connectivity index (χ3n) is 4.26. The molecule has 0 bridgehead atoms. The van der Waals surface area contributed by atoms with Crippen LogP contribution in [0.25, 0.3) is 0 Å². The molecule has 1 atom stereocenters. The van der Waals surface area contributed by atoms with Gasteiger partial charge in [-0.15, -0.1) is 0 Å². The minimum atomic E-state index is -0.729.